The standard InChI is InChI=1S/C21H15F9N2O4/c22-19(23,24)17(20(25,26)27)36-11-18(33,21(28,29)30)15-10-31(9-12-4-2-1-3-5-12)16-8-13(32(34)35)6-7-14(15)16/h1-8,10,17,33H,9,11H2. The van der Waals surface area contributed by atoms with E-state index in [-0.39, 0.29) is 12.1 Å². The number of fused-ring (bicyclic) bond motifs is 1. The van der Waals surface area contributed by atoms with Gasteiger partial charge in [0.05, 0.1) is 17.0 Å². The number of ether oxygens (including phenoxy) is 1. The molecule has 0 radical (unpaired) electrons. The van der Waals surface area contributed by atoms with E-state index in [0.717, 1.165) is 22.8 Å². The molecular formula is C21H15F9N2O4. The van der Waals surface area contributed by atoms with Crippen molar-refractivity contribution in [2.24, 2.45) is 0 Å². The zero-order valence-corrected chi connectivity index (χ0v) is 17.7. The predicted molar refractivity (Wildman–Crippen MR) is 106 cm³/mol. The number of aliphatic hydroxyl groups is 1. The maximum atomic E-state index is 14.0. The average Bonchev–Trinajstić information content (AvgIpc) is 3.09. The van der Waals surface area contributed by atoms with Crippen LogP contribution in [0.2, 0.25) is 0 Å². The van der Waals surface area contributed by atoms with Crippen LogP contribution in [-0.2, 0) is 16.9 Å². The van der Waals surface area contributed by atoms with Gasteiger partial charge in [0.15, 0.2) is 0 Å². The molecule has 196 valence electrons. The quantitative estimate of drug-likeness (QED) is 0.236. The lowest BCUT2D eigenvalue weighted by atomic mass is 9.93. The Morgan fingerprint density at radius 3 is 2.03 bits per heavy atom. The molecule has 1 heterocycles. The van der Waals surface area contributed by atoms with Gasteiger partial charge in [0.2, 0.25) is 11.7 Å². The monoisotopic (exact) mass is 530 g/mol. The highest BCUT2D eigenvalue weighted by molar-refractivity contribution is 5.87. The topological polar surface area (TPSA) is 77.5 Å². The van der Waals surface area contributed by atoms with E-state index < -0.39 is 58.4 Å². The molecule has 0 fully saturated rings. The van der Waals surface area contributed by atoms with E-state index in [0.29, 0.717) is 11.8 Å². The molecule has 1 unspecified atom stereocenters. The van der Waals surface area contributed by atoms with Crippen molar-refractivity contribution in [2.45, 2.75) is 36.8 Å². The summed E-state index contributed by atoms with van der Waals surface area (Å²) in [5, 5.41) is 21.2. The van der Waals surface area contributed by atoms with Crippen LogP contribution in [-0.4, -0.2) is 45.8 Å². The zero-order chi connectivity index (χ0) is 27.1. The lowest BCUT2D eigenvalue weighted by Gasteiger charge is -2.32. The average molecular weight is 530 g/mol. The van der Waals surface area contributed by atoms with E-state index in [4.69, 9.17) is 0 Å². The fourth-order valence-corrected chi connectivity index (χ4v) is 3.53. The van der Waals surface area contributed by atoms with Gasteiger partial charge in [-0.2, -0.15) is 39.5 Å². The lowest BCUT2D eigenvalue weighted by Crippen LogP contribution is -2.51. The summed E-state index contributed by atoms with van der Waals surface area (Å²) in [4.78, 5) is 10.3. The maximum absolute atomic E-state index is 14.0. The summed E-state index contributed by atoms with van der Waals surface area (Å²) in [6.07, 6.45) is -22.0. The zero-order valence-electron chi connectivity index (χ0n) is 17.7. The summed E-state index contributed by atoms with van der Waals surface area (Å²) < 4.78 is 124. The smallest absolute Gasteiger partial charge is 0.374 e. The van der Waals surface area contributed by atoms with Crippen LogP contribution < -0.4 is 0 Å². The molecule has 3 rings (SSSR count). The van der Waals surface area contributed by atoms with Gasteiger partial charge in [-0.1, -0.05) is 30.3 Å². The first kappa shape index (κ1) is 27.3. The minimum absolute atomic E-state index is 0.193. The van der Waals surface area contributed by atoms with Crippen molar-refractivity contribution in [1.82, 2.24) is 4.57 Å². The molecule has 36 heavy (non-hydrogen) atoms. The molecule has 0 aliphatic carbocycles. The van der Waals surface area contributed by atoms with Crippen LogP contribution in [0.25, 0.3) is 10.9 Å². The van der Waals surface area contributed by atoms with Crippen molar-refractivity contribution >= 4 is 16.6 Å². The Morgan fingerprint density at radius 2 is 1.53 bits per heavy atom. The van der Waals surface area contributed by atoms with Crippen molar-refractivity contribution in [3.8, 4) is 0 Å². The Hall–Kier alpha value is -3.33. The summed E-state index contributed by atoms with van der Waals surface area (Å²) in [5.41, 5.74) is -5.76. The first-order chi connectivity index (χ1) is 16.4. The first-order valence-corrected chi connectivity index (χ1v) is 9.81. The highest BCUT2D eigenvalue weighted by Gasteiger charge is 2.62. The molecular weight excluding hydrogens is 515 g/mol. The van der Waals surface area contributed by atoms with E-state index in [2.05, 4.69) is 4.74 Å². The molecule has 1 aromatic heterocycles. The van der Waals surface area contributed by atoms with E-state index in [1.807, 2.05) is 0 Å². The Balaban J connectivity index is 2.17. The molecule has 0 aliphatic heterocycles. The first-order valence-electron chi connectivity index (χ1n) is 9.81. The van der Waals surface area contributed by atoms with Crippen LogP contribution in [0.1, 0.15) is 11.1 Å². The molecule has 0 bridgehead atoms. The number of halogens is 9. The molecule has 6 nitrogen and oxygen atoms in total. The third-order valence-corrected chi connectivity index (χ3v) is 5.24. The van der Waals surface area contributed by atoms with Gasteiger partial charge in [0.25, 0.3) is 5.69 Å². The number of nitro groups is 1. The Bertz CT molecular complexity index is 1220. The second kappa shape index (κ2) is 9.28. The third-order valence-electron chi connectivity index (χ3n) is 5.24. The van der Waals surface area contributed by atoms with Crippen molar-refractivity contribution in [2.75, 3.05) is 6.61 Å². The third kappa shape index (κ3) is 5.41. The summed E-state index contributed by atoms with van der Waals surface area (Å²) >= 11 is 0. The molecule has 1 N–H and O–H groups in total. The fraction of sp³-hybridized carbons (Fsp3) is 0.333. The normalized spacial score (nSPS) is 14.9. The number of hydrogen-bond acceptors (Lipinski definition) is 4. The summed E-state index contributed by atoms with van der Waals surface area (Å²) in [6.45, 7) is -2.65. The van der Waals surface area contributed by atoms with Crippen LogP contribution in [0, 0.1) is 10.1 Å². The maximum Gasteiger partial charge on any atom is 0.423 e. The van der Waals surface area contributed by atoms with Crippen LogP contribution >= 0.6 is 0 Å². The van der Waals surface area contributed by atoms with Gasteiger partial charge in [0, 0.05) is 35.8 Å². The minimum atomic E-state index is -6.12. The van der Waals surface area contributed by atoms with E-state index in [1.165, 1.54) is 0 Å². The highest BCUT2D eigenvalue weighted by atomic mass is 19.4. The summed E-state index contributed by atoms with van der Waals surface area (Å²) in [5.74, 6) is 0. The molecule has 15 heteroatoms. The number of nitrogens with zero attached hydrogens (tertiary/aromatic N) is 2. The van der Waals surface area contributed by atoms with Gasteiger partial charge in [-0.25, -0.2) is 0 Å². The van der Waals surface area contributed by atoms with Gasteiger partial charge < -0.3 is 14.4 Å². The van der Waals surface area contributed by atoms with Gasteiger partial charge >= 0.3 is 18.5 Å². The van der Waals surface area contributed by atoms with E-state index in [9.17, 15) is 54.7 Å². The Morgan fingerprint density at radius 1 is 0.944 bits per heavy atom. The summed E-state index contributed by atoms with van der Waals surface area (Å²) in [7, 11) is 0. The van der Waals surface area contributed by atoms with Crippen LogP contribution in [0.15, 0.2) is 54.7 Å². The fourth-order valence-electron chi connectivity index (χ4n) is 3.53. The van der Waals surface area contributed by atoms with Crippen molar-refractivity contribution < 1.29 is 54.3 Å². The molecule has 0 aliphatic rings. The molecule has 0 saturated heterocycles. The second-order valence-electron chi connectivity index (χ2n) is 7.75. The van der Waals surface area contributed by atoms with Crippen molar-refractivity contribution in [3.05, 3.63) is 76.0 Å². The number of aromatic nitrogens is 1. The van der Waals surface area contributed by atoms with Gasteiger partial charge in [-0.05, 0) is 11.6 Å². The SMILES string of the molecule is O=[N+]([O-])c1ccc2c(C(O)(COC(C(F)(F)F)C(F)(F)F)C(F)(F)F)cn(Cc3ccccc3)c2c1. The van der Waals surface area contributed by atoms with Gasteiger partial charge in [-0.3, -0.25) is 10.1 Å². The number of rotatable bonds is 7. The van der Waals surface area contributed by atoms with Crippen molar-refractivity contribution in [3.63, 3.8) is 0 Å². The van der Waals surface area contributed by atoms with Gasteiger partial charge in [0.1, 0.15) is 0 Å². The molecule has 0 saturated carbocycles. The molecule has 0 spiro atoms. The number of nitro benzene ring substituents is 1. The molecule has 2 aromatic carbocycles. The largest absolute Gasteiger partial charge is 0.423 e. The number of benzene rings is 2. The number of hydrogen-bond donors (Lipinski definition) is 1. The Labute approximate surface area is 195 Å². The highest BCUT2D eigenvalue weighted by Crippen LogP contribution is 2.45. The van der Waals surface area contributed by atoms with E-state index >= 15 is 0 Å². The number of non-ortho nitro benzene ring substituents is 1. The Kier molecular flexibility index (Phi) is 7.02. The van der Waals surface area contributed by atoms with Gasteiger partial charge in [-0.15, -0.1) is 0 Å². The van der Waals surface area contributed by atoms with Crippen LogP contribution in [0.5, 0.6) is 0 Å². The lowest BCUT2D eigenvalue weighted by molar-refractivity contribution is -0.384. The second-order valence-corrected chi connectivity index (χ2v) is 7.75. The van der Waals surface area contributed by atoms with E-state index in [1.54, 1.807) is 30.3 Å². The minimum Gasteiger partial charge on any atom is -0.374 e. The van der Waals surface area contributed by atoms with Crippen LogP contribution in [0.3, 0.4) is 0 Å². The molecule has 1 atom stereocenters. The van der Waals surface area contributed by atoms with Crippen molar-refractivity contribution in [1.29, 1.82) is 0 Å². The predicted octanol–water partition coefficient (Wildman–Crippen LogP) is 5.86. The molecule has 0 amide bonds. The number of alkyl halides is 9. The summed E-state index contributed by atoms with van der Waals surface area (Å²) in [6, 6.07) is 10.4. The molecule has 3 aromatic rings. The van der Waals surface area contributed by atoms with Crippen LogP contribution in [0.4, 0.5) is 45.2 Å².